The third-order valence-electron chi connectivity index (χ3n) is 2.13. The van der Waals surface area contributed by atoms with Gasteiger partial charge in [-0.15, -0.1) is 0 Å². The van der Waals surface area contributed by atoms with E-state index in [0.717, 1.165) is 0 Å². The van der Waals surface area contributed by atoms with Crippen molar-refractivity contribution in [3.63, 3.8) is 0 Å². The van der Waals surface area contributed by atoms with Crippen molar-refractivity contribution in [1.29, 1.82) is 0 Å². The molecule has 7 nitrogen and oxygen atoms in total. The van der Waals surface area contributed by atoms with Crippen LogP contribution in [-0.2, 0) is 20.9 Å². The average Bonchev–Trinajstić information content (AvgIpc) is 2.37. The molecule has 0 unspecified atom stereocenters. The van der Waals surface area contributed by atoms with E-state index in [1.807, 2.05) is 13.8 Å². The Hall–Kier alpha value is -1.41. The first-order valence-corrected chi connectivity index (χ1v) is 8.09. The average molecular weight is 304 g/mol. The maximum atomic E-state index is 11.5. The van der Waals surface area contributed by atoms with Crippen LogP contribution >= 0.6 is 0 Å². The summed E-state index contributed by atoms with van der Waals surface area (Å²) in [6.07, 6.45) is 0.492. The van der Waals surface area contributed by atoms with Crippen LogP contribution in [0.4, 0.5) is 0 Å². The number of aromatic nitrogens is 2. The zero-order valence-electron chi connectivity index (χ0n) is 12.0. The van der Waals surface area contributed by atoms with Crippen LogP contribution in [0.1, 0.15) is 33.0 Å². The van der Waals surface area contributed by atoms with E-state index in [1.165, 1.54) is 0 Å². The van der Waals surface area contributed by atoms with Crippen molar-refractivity contribution >= 4 is 10.1 Å². The van der Waals surface area contributed by atoms with Crippen molar-refractivity contribution in [1.82, 2.24) is 9.97 Å². The molecule has 0 saturated carbocycles. The molecule has 0 radical (unpaired) electrons. The minimum atomic E-state index is -3.54. The van der Waals surface area contributed by atoms with Gasteiger partial charge in [-0.25, -0.2) is 0 Å². The van der Waals surface area contributed by atoms with Crippen molar-refractivity contribution in [3.05, 3.63) is 11.9 Å². The minimum Gasteiger partial charge on any atom is -0.478 e. The van der Waals surface area contributed by atoms with E-state index < -0.39 is 10.1 Å². The molecule has 0 spiro atoms. The van der Waals surface area contributed by atoms with E-state index in [4.69, 9.17) is 13.7 Å². The van der Waals surface area contributed by atoms with Crippen LogP contribution in [-0.4, -0.2) is 37.4 Å². The SMILES string of the molecule is CCCS(=O)(=O)OCc1nc(OCC)cc(OCC)n1. The number of hydrogen-bond acceptors (Lipinski definition) is 7. The molecule has 0 fully saturated rings. The Kier molecular flexibility index (Phi) is 6.66. The van der Waals surface area contributed by atoms with Gasteiger partial charge in [-0.2, -0.15) is 18.4 Å². The Morgan fingerprint density at radius 2 is 1.60 bits per heavy atom. The number of rotatable bonds is 9. The highest BCUT2D eigenvalue weighted by molar-refractivity contribution is 7.86. The summed E-state index contributed by atoms with van der Waals surface area (Å²) in [6, 6.07) is 1.55. The van der Waals surface area contributed by atoms with Gasteiger partial charge in [0.2, 0.25) is 11.8 Å². The summed E-state index contributed by atoms with van der Waals surface area (Å²) >= 11 is 0. The second kappa shape index (κ2) is 8.01. The Morgan fingerprint density at radius 3 is 2.05 bits per heavy atom. The summed E-state index contributed by atoms with van der Waals surface area (Å²) in [5.41, 5.74) is 0. The molecule has 1 heterocycles. The van der Waals surface area contributed by atoms with Gasteiger partial charge < -0.3 is 9.47 Å². The summed E-state index contributed by atoms with van der Waals surface area (Å²) in [5, 5.41) is 0. The van der Waals surface area contributed by atoms with E-state index >= 15 is 0 Å². The predicted molar refractivity (Wildman–Crippen MR) is 73.2 cm³/mol. The zero-order valence-corrected chi connectivity index (χ0v) is 12.8. The molecule has 114 valence electrons. The molecule has 8 heteroatoms. The highest BCUT2D eigenvalue weighted by Gasteiger charge is 2.13. The van der Waals surface area contributed by atoms with Crippen LogP contribution in [0.3, 0.4) is 0 Å². The highest BCUT2D eigenvalue weighted by atomic mass is 32.2. The van der Waals surface area contributed by atoms with Crippen LogP contribution in [0.15, 0.2) is 6.07 Å². The quantitative estimate of drug-likeness (QED) is 0.639. The topological polar surface area (TPSA) is 87.6 Å². The van der Waals surface area contributed by atoms with Crippen LogP contribution in [0.5, 0.6) is 11.8 Å². The first-order valence-electron chi connectivity index (χ1n) is 6.51. The first-order chi connectivity index (χ1) is 9.50. The smallest absolute Gasteiger partial charge is 0.267 e. The van der Waals surface area contributed by atoms with Crippen molar-refractivity contribution in [3.8, 4) is 11.8 Å². The monoisotopic (exact) mass is 304 g/mol. The molecule has 0 N–H and O–H groups in total. The molecule has 0 aliphatic heterocycles. The van der Waals surface area contributed by atoms with Gasteiger partial charge in [0.25, 0.3) is 10.1 Å². The molecule has 0 saturated heterocycles. The number of nitrogens with zero attached hydrogens (tertiary/aromatic N) is 2. The fourth-order valence-corrected chi connectivity index (χ4v) is 2.31. The second-order valence-corrected chi connectivity index (χ2v) is 5.61. The third kappa shape index (κ3) is 5.70. The lowest BCUT2D eigenvalue weighted by molar-refractivity contribution is 0.276. The predicted octanol–water partition coefficient (Wildman–Crippen LogP) is 1.53. The standard InChI is InChI=1S/C12H20N2O5S/c1-4-7-20(15,16)19-9-10-13-11(17-5-2)8-12(14-10)18-6-3/h8H,4-7,9H2,1-3H3. The van der Waals surface area contributed by atoms with Crippen molar-refractivity contribution in [2.45, 2.75) is 33.8 Å². The molecule has 0 amide bonds. The molecule has 0 aromatic carbocycles. The highest BCUT2D eigenvalue weighted by Crippen LogP contribution is 2.16. The molecule has 0 bridgehead atoms. The minimum absolute atomic E-state index is 0.0313. The number of ether oxygens (including phenoxy) is 2. The van der Waals surface area contributed by atoms with Crippen molar-refractivity contribution in [2.24, 2.45) is 0 Å². The first kappa shape index (κ1) is 16.6. The largest absolute Gasteiger partial charge is 0.478 e. The van der Waals surface area contributed by atoms with E-state index in [1.54, 1.807) is 13.0 Å². The molecule has 1 aromatic heterocycles. The molecule has 1 rings (SSSR count). The normalized spacial score (nSPS) is 11.3. The van der Waals surface area contributed by atoms with Gasteiger partial charge in [0.05, 0.1) is 25.0 Å². The van der Waals surface area contributed by atoms with E-state index in [2.05, 4.69) is 9.97 Å². The van der Waals surface area contributed by atoms with Gasteiger partial charge in [-0.3, -0.25) is 4.18 Å². The molecule has 20 heavy (non-hydrogen) atoms. The zero-order chi connectivity index (χ0) is 15.0. The molecular weight excluding hydrogens is 284 g/mol. The van der Waals surface area contributed by atoms with Crippen LogP contribution in [0, 0.1) is 0 Å². The maximum absolute atomic E-state index is 11.5. The molecule has 0 atom stereocenters. The Balaban J connectivity index is 2.82. The fraction of sp³-hybridized carbons (Fsp3) is 0.667. The van der Waals surface area contributed by atoms with Gasteiger partial charge in [-0.1, -0.05) is 6.92 Å². The van der Waals surface area contributed by atoms with E-state index in [0.29, 0.717) is 31.4 Å². The lowest BCUT2D eigenvalue weighted by Crippen LogP contribution is -2.12. The van der Waals surface area contributed by atoms with Crippen LogP contribution < -0.4 is 9.47 Å². The Morgan fingerprint density at radius 1 is 1.05 bits per heavy atom. The lowest BCUT2D eigenvalue weighted by Gasteiger charge is -2.09. The summed E-state index contributed by atoms with van der Waals surface area (Å²) in [5.74, 6) is 0.838. The Labute approximate surface area is 119 Å². The van der Waals surface area contributed by atoms with E-state index in [9.17, 15) is 8.42 Å². The molecule has 1 aromatic rings. The summed E-state index contributed by atoms with van der Waals surface area (Å²) in [4.78, 5) is 8.13. The van der Waals surface area contributed by atoms with Crippen molar-refractivity contribution < 1.29 is 22.1 Å². The van der Waals surface area contributed by atoms with Gasteiger partial charge in [-0.05, 0) is 20.3 Å². The van der Waals surface area contributed by atoms with Gasteiger partial charge in [0.15, 0.2) is 5.82 Å². The van der Waals surface area contributed by atoms with Gasteiger partial charge >= 0.3 is 0 Å². The molecular formula is C12H20N2O5S. The van der Waals surface area contributed by atoms with Gasteiger partial charge in [0, 0.05) is 0 Å². The van der Waals surface area contributed by atoms with Crippen molar-refractivity contribution in [2.75, 3.05) is 19.0 Å². The molecule has 0 aliphatic rings. The van der Waals surface area contributed by atoms with Crippen LogP contribution in [0.25, 0.3) is 0 Å². The summed E-state index contributed by atoms with van der Waals surface area (Å²) in [6.45, 7) is 6.06. The number of hydrogen-bond donors (Lipinski definition) is 0. The Bertz CT molecular complexity index is 494. The second-order valence-electron chi connectivity index (χ2n) is 3.85. The fourth-order valence-electron chi connectivity index (χ4n) is 1.41. The maximum Gasteiger partial charge on any atom is 0.267 e. The lowest BCUT2D eigenvalue weighted by atomic mass is 10.5. The van der Waals surface area contributed by atoms with Crippen LogP contribution in [0.2, 0.25) is 0 Å². The van der Waals surface area contributed by atoms with Gasteiger partial charge in [0.1, 0.15) is 6.61 Å². The third-order valence-corrected chi connectivity index (χ3v) is 3.52. The summed E-state index contributed by atoms with van der Waals surface area (Å²) < 4.78 is 38.4. The summed E-state index contributed by atoms with van der Waals surface area (Å²) in [7, 11) is -3.54. The van der Waals surface area contributed by atoms with E-state index in [-0.39, 0.29) is 18.2 Å². The molecule has 0 aliphatic carbocycles.